The molecule has 0 aromatic carbocycles. The largest absolute Gasteiger partial charge is 0.444 e. The molecule has 0 aliphatic carbocycles. The van der Waals surface area contributed by atoms with E-state index in [1.54, 1.807) is 4.90 Å². The fourth-order valence-corrected chi connectivity index (χ4v) is 1.93. The van der Waals surface area contributed by atoms with Crippen LogP contribution in [0.1, 0.15) is 40.0 Å². The van der Waals surface area contributed by atoms with Crippen molar-refractivity contribution in [3.63, 3.8) is 0 Å². The van der Waals surface area contributed by atoms with Crippen molar-refractivity contribution < 1.29 is 13.9 Å². The van der Waals surface area contributed by atoms with Crippen molar-refractivity contribution in [3.8, 4) is 0 Å². The van der Waals surface area contributed by atoms with Crippen molar-refractivity contribution in [2.45, 2.75) is 51.3 Å². The minimum absolute atomic E-state index is 0.350. The highest BCUT2D eigenvalue weighted by atomic mass is 19.1. The van der Waals surface area contributed by atoms with Gasteiger partial charge in [0, 0.05) is 13.1 Å². The normalized spacial score (nSPS) is 20.2. The highest BCUT2D eigenvalue weighted by Crippen LogP contribution is 2.30. The average molecular weight is 246 g/mol. The number of halogens is 1. The Kier molecular flexibility index (Phi) is 4.36. The third-order valence-corrected chi connectivity index (χ3v) is 2.90. The zero-order valence-corrected chi connectivity index (χ0v) is 11.0. The lowest BCUT2D eigenvalue weighted by atomic mass is 9.90. The van der Waals surface area contributed by atoms with E-state index in [-0.39, 0.29) is 6.09 Å². The van der Waals surface area contributed by atoms with Crippen LogP contribution in [-0.4, -0.2) is 41.9 Å². The molecule has 0 radical (unpaired) electrons. The van der Waals surface area contributed by atoms with Crippen LogP contribution < -0.4 is 5.73 Å². The summed E-state index contributed by atoms with van der Waals surface area (Å²) in [4.78, 5) is 13.3. The number of ether oxygens (including phenoxy) is 1. The maximum Gasteiger partial charge on any atom is 0.410 e. The van der Waals surface area contributed by atoms with E-state index >= 15 is 0 Å². The first-order valence-electron chi connectivity index (χ1n) is 6.13. The van der Waals surface area contributed by atoms with Crippen molar-refractivity contribution in [3.05, 3.63) is 0 Å². The van der Waals surface area contributed by atoms with E-state index in [0.717, 1.165) is 0 Å². The highest BCUT2D eigenvalue weighted by molar-refractivity contribution is 5.68. The van der Waals surface area contributed by atoms with Crippen LogP contribution in [0.3, 0.4) is 0 Å². The second-order valence-corrected chi connectivity index (χ2v) is 5.66. The van der Waals surface area contributed by atoms with Gasteiger partial charge in [0.05, 0.1) is 0 Å². The van der Waals surface area contributed by atoms with E-state index in [1.165, 1.54) is 0 Å². The first kappa shape index (κ1) is 14.2. The summed E-state index contributed by atoms with van der Waals surface area (Å²) in [6, 6.07) is 0. The fraction of sp³-hybridized carbons (Fsp3) is 0.917. The number of piperidine rings is 1. The van der Waals surface area contributed by atoms with Crippen LogP contribution in [0, 0.1) is 0 Å². The predicted molar refractivity (Wildman–Crippen MR) is 64.6 cm³/mol. The van der Waals surface area contributed by atoms with Gasteiger partial charge in [-0.1, -0.05) is 0 Å². The number of hydrogen-bond acceptors (Lipinski definition) is 3. The maximum absolute atomic E-state index is 14.1. The van der Waals surface area contributed by atoms with Gasteiger partial charge in [0.15, 0.2) is 0 Å². The van der Waals surface area contributed by atoms with Crippen molar-refractivity contribution in [1.82, 2.24) is 4.90 Å². The summed E-state index contributed by atoms with van der Waals surface area (Å²) in [6.07, 6.45) is 0.717. The number of nitrogens with zero attached hydrogens (tertiary/aromatic N) is 1. The first-order valence-corrected chi connectivity index (χ1v) is 6.13. The molecule has 0 aromatic heterocycles. The maximum atomic E-state index is 14.1. The Labute approximate surface area is 102 Å². The summed E-state index contributed by atoms with van der Waals surface area (Å²) in [5.41, 5.74) is 3.67. The van der Waals surface area contributed by atoms with Gasteiger partial charge in [-0.15, -0.1) is 0 Å². The Morgan fingerprint density at radius 1 is 1.41 bits per heavy atom. The smallest absolute Gasteiger partial charge is 0.410 e. The van der Waals surface area contributed by atoms with E-state index in [0.29, 0.717) is 38.9 Å². The standard InChI is InChI=1S/C12H23FN2O2/c1-11(2,3)17-10(16)15-8-5-12(13,4-7-14)6-9-15/h4-9,14H2,1-3H3. The Hall–Kier alpha value is -0.840. The second-order valence-electron chi connectivity index (χ2n) is 5.66. The highest BCUT2D eigenvalue weighted by Gasteiger charge is 2.36. The molecule has 1 amide bonds. The third kappa shape index (κ3) is 4.50. The third-order valence-electron chi connectivity index (χ3n) is 2.90. The molecule has 1 heterocycles. The minimum atomic E-state index is -1.20. The molecule has 2 N–H and O–H groups in total. The summed E-state index contributed by atoms with van der Waals surface area (Å²) in [6.45, 7) is 6.63. The molecular formula is C12H23FN2O2. The molecule has 1 fully saturated rings. The molecule has 0 aromatic rings. The minimum Gasteiger partial charge on any atom is -0.444 e. The Morgan fingerprint density at radius 2 is 1.94 bits per heavy atom. The molecule has 0 spiro atoms. The quantitative estimate of drug-likeness (QED) is 0.811. The Balaban J connectivity index is 2.44. The number of rotatable bonds is 2. The summed E-state index contributed by atoms with van der Waals surface area (Å²) in [5.74, 6) is 0. The summed E-state index contributed by atoms with van der Waals surface area (Å²) >= 11 is 0. The number of nitrogens with two attached hydrogens (primary N) is 1. The lowest BCUT2D eigenvalue weighted by molar-refractivity contribution is 0.00206. The molecule has 0 unspecified atom stereocenters. The van der Waals surface area contributed by atoms with E-state index in [9.17, 15) is 9.18 Å². The van der Waals surface area contributed by atoms with Crippen molar-refractivity contribution >= 4 is 6.09 Å². The van der Waals surface area contributed by atoms with E-state index in [2.05, 4.69) is 0 Å². The number of carbonyl (C=O) groups is 1. The van der Waals surface area contributed by atoms with E-state index < -0.39 is 11.3 Å². The topological polar surface area (TPSA) is 55.6 Å². The van der Waals surface area contributed by atoms with Gasteiger partial charge in [0.25, 0.3) is 0 Å². The predicted octanol–water partition coefficient (Wildman–Crippen LogP) is 2.07. The van der Waals surface area contributed by atoms with Gasteiger partial charge >= 0.3 is 6.09 Å². The molecule has 5 heteroatoms. The van der Waals surface area contributed by atoms with Crippen molar-refractivity contribution in [2.75, 3.05) is 19.6 Å². The Bertz CT molecular complexity index is 268. The molecule has 17 heavy (non-hydrogen) atoms. The van der Waals surface area contributed by atoms with Crippen LogP contribution in [0.5, 0.6) is 0 Å². The first-order chi connectivity index (χ1) is 7.76. The van der Waals surface area contributed by atoms with E-state index in [4.69, 9.17) is 10.5 Å². The van der Waals surface area contributed by atoms with Crippen LogP contribution in [0.25, 0.3) is 0 Å². The van der Waals surface area contributed by atoms with Gasteiger partial charge in [-0.3, -0.25) is 0 Å². The lowest BCUT2D eigenvalue weighted by Crippen LogP contribution is -2.46. The van der Waals surface area contributed by atoms with Crippen LogP contribution in [0.2, 0.25) is 0 Å². The van der Waals surface area contributed by atoms with Gasteiger partial charge in [-0.2, -0.15) is 0 Å². The summed E-state index contributed by atoms with van der Waals surface area (Å²) < 4.78 is 19.3. The molecule has 4 nitrogen and oxygen atoms in total. The molecule has 0 saturated carbocycles. The van der Waals surface area contributed by atoms with Gasteiger partial charge in [0.2, 0.25) is 0 Å². The van der Waals surface area contributed by atoms with Gasteiger partial charge < -0.3 is 15.4 Å². The van der Waals surface area contributed by atoms with Crippen LogP contribution in [0.15, 0.2) is 0 Å². The van der Waals surface area contributed by atoms with Gasteiger partial charge in [0.1, 0.15) is 11.3 Å². The molecule has 0 bridgehead atoms. The van der Waals surface area contributed by atoms with Crippen LogP contribution in [0.4, 0.5) is 9.18 Å². The number of hydrogen-bond donors (Lipinski definition) is 1. The summed E-state index contributed by atoms with van der Waals surface area (Å²) in [7, 11) is 0. The SMILES string of the molecule is CC(C)(C)OC(=O)N1CCC(F)(CCN)CC1. The number of carbonyl (C=O) groups excluding carboxylic acids is 1. The molecular weight excluding hydrogens is 223 g/mol. The zero-order chi connectivity index (χ0) is 13.1. The Morgan fingerprint density at radius 3 is 2.35 bits per heavy atom. The van der Waals surface area contributed by atoms with Crippen LogP contribution >= 0.6 is 0 Å². The average Bonchev–Trinajstić information content (AvgIpc) is 2.15. The van der Waals surface area contributed by atoms with Crippen LogP contribution in [-0.2, 0) is 4.74 Å². The van der Waals surface area contributed by atoms with Gasteiger partial charge in [-0.25, -0.2) is 9.18 Å². The molecule has 1 aliphatic rings. The van der Waals surface area contributed by atoms with Crippen molar-refractivity contribution in [1.29, 1.82) is 0 Å². The summed E-state index contributed by atoms with van der Waals surface area (Å²) in [5, 5.41) is 0. The lowest BCUT2D eigenvalue weighted by Gasteiger charge is -2.36. The molecule has 0 atom stereocenters. The zero-order valence-electron chi connectivity index (χ0n) is 11.0. The fourth-order valence-electron chi connectivity index (χ4n) is 1.93. The number of amides is 1. The van der Waals surface area contributed by atoms with E-state index in [1.807, 2.05) is 20.8 Å². The van der Waals surface area contributed by atoms with Crippen molar-refractivity contribution in [2.24, 2.45) is 5.73 Å². The molecule has 1 saturated heterocycles. The number of likely N-dealkylation sites (tertiary alicyclic amines) is 1. The monoisotopic (exact) mass is 246 g/mol. The number of alkyl halides is 1. The molecule has 1 aliphatic heterocycles. The van der Waals surface area contributed by atoms with Gasteiger partial charge in [-0.05, 0) is 46.6 Å². The molecule has 100 valence electrons. The molecule has 1 rings (SSSR count). The second kappa shape index (κ2) is 5.21.